The molecule has 1 aliphatic rings. The van der Waals surface area contributed by atoms with Crippen LogP contribution in [-0.4, -0.2) is 67.6 Å². The molecule has 1 amide bonds. The van der Waals surface area contributed by atoms with Crippen LogP contribution in [0.4, 0.5) is 0 Å². The molecule has 0 aromatic heterocycles. The quantitative estimate of drug-likeness (QED) is 0.771. The maximum absolute atomic E-state index is 12.6. The molecule has 0 bridgehead atoms. The Labute approximate surface area is 151 Å². The molecule has 1 aliphatic heterocycles. The number of likely N-dealkylation sites (N-methyl/N-ethyl adjacent to an activating group) is 1. The van der Waals surface area contributed by atoms with Gasteiger partial charge in [0.15, 0.2) is 0 Å². The van der Waals surface area contributed by atoms with E-state index in [0.717, 1.165) is 38.3 Å². The van der Waals surface area contributed by atoms with E-state index >= 15 is 0 Å². The maximum Gasteiger partial charge on any atom is 0.251 e. The number of ether oxygens (including phenoxy) is 1. The average molecular weight is 345 g/mol. The number of carbonyl (C=O) groups is 1. The van der Waals surface area contributed by atoms with Gasteiger partial charge in [-0.15, -0.1) is 0 Å². The lowest BCUT2D eigenvalue weighted by Gasteiger charge is -2.38. The van der Waals surface area contributed by atoms with Crippen molar-refractivity contribution in [3.8, 4) is 5.75 Å². The first-order valence-electron chi connectivity index (χ1n) is 8.86. The zero-order chi connectivity index (χ0) is 18.4. The van der Waals surface area contributed by atoms with Crippen molar-refractivity contribution in [3.05, 3.63) is 42.0 Å². The van der Waals surface area contributed by atoms with Gasteiger partial charge >= 0.3 is 0 Å². The molecular formula is C20H31N3O2. The Balaban J connectivity index is 1.93. The third kappa shape index (κ3) is 6.52. The van der Waals surface area contributed by atoms with Gasteiger partial charge in [-0.1, -0.05) is 12.6 Å². The van der Waals surface area contributed by atoms with E-state index in [0.29, 0.717) is 17.9 Å². The maximum atomic E-state index is 12.6. The lowest BCUT2D eigenvalue weighted by Crippen LogP contribution is -2.55. The summed E-state index contributed by atoms with van der Waals surface area (Å²) in [5, 5.41) is 3.16. The molecule has 1 aromatic rings. The highest BCUT2D eigenvalue weighted by atomic mass is 16.5. The molecule has 1 fully saturated rings. The summed E-state index contributed by atoms with van der Waals surface area (Å²) in [6.07, 6.45) is 0. The Morgan fingerprint density at radius 1 is 1.28 bits per heavy atom. The van der Waals surface area contributed by atoms with Crippen LogP contribution in [0.3, 0.4) is 0 Å². The van der Waals surface area contributed by atoms with Crippen molar-refractivity contribution in [3.63, 3.8) is 0 Å². The van der Waals surface area contributed by atoms with Gasteiger partial charge in [0.25, 0.3) is 5.91 Å². The fourth-order valence-electron chi connectivity index (χ4n) is 2.92. The topological polar surface area (TPSA) is 44.8 Å². The Morgan fingerprint density at radius 2 is 1.96 bits per heavy atom. The smallest absolute Gasteiger partial charge is 0.251 e. The van der Waals surface area contributed by atoms with E-state index in [1.807, 2.05) is 25.1 Å². The summed E-state index contributed by atoms with van der Waals surface area (Å²) in [5.41, 5.74) is 1.27. The fraction of sp³-hybridized carbons (Fsp3) is 0.550. The highest BCUT2D eigenvalue weighted by Gasteiger charge is 2.26. The minimum absolute atomic E-state index is 0.0695. The van der Waals surface area contributed by atoms with Crippen LogP contribution < -0.4 is 10.1 Å². The van der Waals surface area contributed by atoms with E-state index in [9.17, 15) is 4.79 Å². The summed E-state index contributed by atoms with van der Waals surface area (Å²) in [6.45, 7) is 15.4. The summed E-state index contributed by atoms with van der Waals surface area (Å²) in [7, 11) is 2.15. The molecule has 25 heavy (non-hydrogen) atoms. The average Bonchev–Trinajstić information content (AvgIpc) is 2.54. The molecule has 1 aromatic carbocycles. The second-order valence-electron chi connectivity index (χ2n) is 7.69. The third-order valence-electron chi connectivity index (χ3n) is 4.25. The van der Waals surface area contributed by atoms with Gasteiger partial charge < -0.3 is 15.0 Å². The Hall–Kier alpha value is -1.85. The van der Waals surface area contributed by atoms with Crippen molar-refractivity contribution in [1.82, 2.24) is 15.1 Å². The molecule has 1 heterocycles. The summed E-state index contributed by atoms with van der Waals surface area (Å²) >= 11 is 0. The van der Waals surface area contributed by atoms with Crippen molar-refractivity contribution in [2.45, 2.75) is 26.3 Å². The van der Waals surface area contributed by atoms with Gasteiger partial charge in [0.05, 0.1) is 0 Å². The molecule has 0 spiro atoms. The first kappa shape index (κ1) is 19.5. The number of piperazine rings is 1. The van der Waals surface area contributed by atoms with Crippen LogP contribution in [0.1, 0.15) is 31.1 Å². The Bertz CT molecular complexity index is 605. The van der Waals surface area contributed by atoms with E-state index in [1.165, 1.54) is 0 Å². The molecule has 0 unspecified atom stereocenters. The van der Waals surface area contributed by atoms with Crippen molar-refractivity contribution in [2.75, 3.05) is 46.4 Å². The Morgan fingerprint density at radius 3 is 2.60 bits per heavy atom. The monoisotopic (exact) mass is 345 g/mol. The zero-order valence-corrected chi connectivity index (χ0v) is 16.0. The molecule has 1 N–H and O–H groups in total. The van der Waals surface area contributed by atoms with Gasteiger partial charge in [-0.2, -0.15) is 0 Å². The SMILES string of the molecule is C=C(C)COc1cccc(C(=O)NC(C)(C)CN2CCN(C)CC2)c1. The largest absolute Gasteiger partial charge is 0.489 e. The van der Waals surface area contributed by atoms with Crippen LogP contribution in [0.25, 0.3) is 0 Å². The van der Waals surface area contributed by atoms with Crippen molar-refractivity contribution in [2.24, 2.45) is 0 Å². The number of hydrogen-bond donors (Lipinski definition) is 1. The van der Waals surface area contributed by atoms with E-state index in [2.05, 4.69) is 42.6 Å². The minimum Gasteiger partial charge on any atom is -0.489 e. The van der Waals surface area contributed by atoms with E-state index in [1.54, 1.807) is 6.07 Å². The molecule has 1 saturated heterocycles. The van der Waals surface area contributed by atoms with Crippen molar-refractivity contribution in [1.29, 1.82) is 0 Å². The number of amides is 1. The number of hydrogen-bond acceptors (Lipinski definition) is 4. The highest BCUT2D eigenvalue weighted by molar-refractivity contribution is 5.95. The summed E-state index contributed by atoms with van der Waals surface area (Å²) in [6, 6.07) is 7.30. The van der Waals surface area contributed by atoms with Gasteiger partial charge in [0, 0.05) is 43.8 Å². The predicted octanol–water partition coefficient (Wildman–Crippen LogP) is 2.40. The standard InChI is InChI=1S/C20H31N3O2/c1-16(2)14-25-18-8-6-7-17(13-18)19(24)21-20(3,4)15-23-11-9-22(5)10-12-23/h6-8,13H,1,9-12,14-15H2,2-5H3,(H,21,24). The van der Waals surface area contributed by atoms with Gasteiger partial charge in [-0.3, -0.25) is 9.69 Å². The van der Waals surface area contributed by atoms with Crippen LogP contribution in [0.2, 0.25) is 0 Å². The van der Waals surface area contributed by atoms with Crippen molar-refractivity contribution >= 4 is 5.91 Å². The number of nitrogens with one attached hydrogen (secondary N) is 1. The van der Waals surface area contributed by atoms with Crippen LogP contribution in [-0.2, 0) is 0 Å². The summed E-state index contributed by atoms with van der Waals surface area (Å²) in [5.74, 6) is 0.618. The normalized spacial score (nSPS) is 16.5. The molecule has 0 saturated carbocycles. The number of carbonyl (C=O) groups excluding carboxylic acids is 1. The molecule has 5 nitrogen and oxygen atoms in total. The fourth-order valence-corrected chi connectivity index (χ4v) is 2.92. The first-order chi connectivity index (χ1) is 11.7. The third-order valence-corrected chi connectivity index (χ3v) is 4.25. The van der Waals surface area contributed by atoms with Crippen LogP contribution in [0, 0.1) is 0 Å². The van der Waals surface area contributed by atoms with Crippen LogP contribution in [0.15, 0.2) is 36.4 Å². The number of benzene rings is 1. The first-order valence-corrected chi connectivity index (χ1v) is 8.86. The van der Waals surface area contributed by atoms with Crippen LogP contribution >= 0.6 is 0 Å². The van der Waals surface area contributed by atoms with Gasteiger partial charge in [0.2, 0.25) is 0 Å². The molecule has 0 radical (unpaired) electrons. The summed E-state index contributed by atoms with van der Waals surface area (Å²) in [4.78, 5) is 17.4. The molecule has 0 atom stereocenters. The summed E-state index contributed by atoms with van der Waals surface area (Å²) < 4.78 is 5.63. The lowest BCUT2D eigenvalue weighted by atomic mass is 10.0. The Kier molecular flexibility index (Phi) is 6.62. The lowest BCUT2D eigenvalue weighted by molar-refractivity contribution is 0.0850. The molecule has 5 heteroatoms. The number of nitrogens with zero attached hydrogens (tertiary/aromatic N) is 2. The zero-order valence-electron chi connectivity index (χ0n) is 16.0. The molecule has 0 aliphatic carbocycles. The van der Waals surface area contributed by atoms with Crippen molar-refractivity contribution < 1.29 is 9.53 Å². The molecular weight excluding hydrogens is 314 g/mol. The van der Waals surface area contributed by atoms with E-state index in [4.69, 9.17) is 4.74 Å². The second-order valence-corrected chi connectivity index (χ2v) is 7.69. The number of rotatable bonds is 7. The van der Waals surface area contributed by atoms with Gasteiger partial charge in [0.1, 0.15) is 12.4 Å². The van der Waals surface area contributed by atoms with E-state index in [-0.39, 0.29) is 11.4 Å². The predicted molar refractivity (Wildman–Crippen MR) is 102 cm³/mol. The van der Waals surface area contributed by atoms with Crippen LogP contribution in [0.5, 0.6) is 5.75 Å². The highest BCUT2D eigenvalue weighted by Crippen LogP contribution is 2.16. The van der Waals surface area contributed by atoms with E-state index < -0.39 is 0 Å². The molecule has 2 rings (SSSR count). The van der Waals surface area contributed by atoms with Gasteiger partial charge in [-0.25, -0.2) is 0 Å². The molecule has 138 valence electrons. The minimum atomic E-state index is -0.290. The van der Waals surface area contributed by atoms with Gasteiger partial charge in [-0.05, 0) is 51.6 Å². The second kappa shape index (κ2) is 8.50.